The van der Waals surface area contributed by atoms with Gasteiger partial charge in [-0.05, 0) is 81.4 Å². The van der Waals surface area contributed by atoms with E-state index in [0.29, 0.717) is 62.0 Å². The molecule has 4 fully saturated rings. The number of anilines is 1. The lowest BCUT2D eigenvalue weighted by Crippen LogP contribution is -2.44. The van der Waals surface area contributed by atoms with Gasteiger partial charge in [0.25, 0.3) is 6.43 Å². The van der Waals surface area contributed by atoms with Crippen molar-refractivity contribution in [2.75, 3.05) is 57.4 Å². The number of imidazole rings is 1. The summed E-state index contributed by atoms with van der Waals surface area (Å²) in [6.45, 7) is 6.12. The number of ketones is 1. The van der Waals surface area contributed by atoms with Crippen LogP contribution in [0.1, 0.15) is 103 Å². The van der Waals surface area contributed by atoms with Crippen molar-refractivity contribution in [2.24, 2.45) is 13.0 Å². The first-order chi connectivity index (χ1) is 30.1. The standard InChI is InChI=1S/C44H54F2N10O6/c1-51-40-29(4-2-6-34(40)56(44(51)60)35-11-12-38(58)49-43(35)59)5-3-21-62-32-13-16-52(17-14-32)26-28-7-9-31(10-8-28)55-27-30(39(50-55)41(45)46)24-36(57)33-25-47-54-18-15-37(48-42(33)54)53-19-22-61-23-20-53/h2,4,6,15,18,25,27-28,31-32,35,41H,3,5,7-14,16-17,19-24,26H2,1H3,(H,49,58,59)/t28?,31?,35-/m1/s1. The van der Waals surface area contributed by atoms with Crippen molar-refractivity contribution >= 4 is 40.1 Å². The fourth-order valence-corrected chi connectivity index (χ4v) is 9.92. The number of halogens is 2. The maximum Gasteiger partial charge on any atom is 0.329 e. The van der Waals surface area contributed by atoms with Gasteiger partial charge in [-0.15, -0.1) is 0 Å². The van der Waals surface area contributed by atoms with E-state index >= 15 is 0 Å². The lowest BCUT2D eigenvalue weighted by atomic mass is 9.85. The summed E-state index contributed by atoms with van der Waals surface area (Å²) in [4.78, 5) is 60.5. The number of amides is 2. The number of hydrogen-bond donors (Lipinski definition) is 1. The van der Waals surface area contributed by atoms with Gasteiger partial charge in [0.2, 0.25) is 11.8 Å². The second-order valence-electron chi connectivity index (χ2n) is 17.2. The summed E-state index contributed by atoms with van der Waals surface area (Å²) in [6.07, 6.45) is 9.64. The first-order valence-electron chi connectivity index (χ1n) is 22.0. The van der Waals surface area contributed by atoms with Crippen molar-refractivity contribution in [3.05, 3.63) is 75.7 Å². The summed E-state index contributed by atoms with van der Waals surface area (Å²) in [5.41, 5.74) is 2.86. The van der Waals surface area contributed by atoms with Gasteiger partial charge in [-0.3, -0.25) is 33.5 Å². The van der Waals surface area contributed by atoms with E-state index in [2.05, 4.69) is 25.3 Å². The summed E-state index contributed by atoms with van der Waals surface area (Å²) in [5, 5.41) is 11.0. The van der Waals surface area contributed by atoms with E-state index in [0.717, 1.165) is 87.9 Å². The van der Waals surface area contributed by atoms with Crippen LogP contribution in [-0.2, 0) is 39.0 Å². The van der Waals surface area contributed by atoms with Crippen LogP contribution >= 0.6 is 0 Å². The largest absolute Gasteiger partial charge is 0.378 e. The molecule has 1 N–H and O–H groups in total. The number of hydrogen-bond acceptors (Lipinski definition) is 11. The average Bonchev–Trinajstić information content (AvgIpc) is 3.98. The van der Waals surface area contributed by atoms with Crippen LogP contribution in [0.15, 0.2) is 47.7 Å². The minimum absolute atomic E-state index is 0.00330. The maximum atomic E-state index is 14.3. The number of rotatable bonds is 14. The molecule has 5 aromatic rings. The zero-order chi connectivity index (χ0) is 42.9. The van der Waals surface area contributed by atoms with Crippen LogP contribution in [0, 0.1) is 5.92 Å². The topological polar surface area (TPSA) is 163 Å². The second-order valence-corrected chi connectivity index (χ2v) is 17.2. The number of fused-ring (bicyclic) bond motifs is 2. The number of Topliss-reactive ketones (excluding diaryl/α,β-unsaturated/α-hetero) is 1. The summed E-state index contributed by atoms with van der Waals surface area (Å²) >= 11 is 0. The lowest BCUT2D eigenvalue weighted by Gasteiger charge is -2.36. The third-order valence-corrected chi connectivity index (χ3v) is 13.3. The lowest BCUT2D eigenvalue weighted by molar-refractivity contribution is -0.135. The molecule has 1 saturated carbocycles. The molecule has 18 heteroatoms. The third kappa shape index (κ3) is 8.68. The van der Waals surface area contributed by atoms with Crippen molar-refractivity contribution in [1.82, 2.24) is 43.7 Å². The Morgan fingerprint density at radius 3 is 2.53 bits per heavy atom. The van der Waals surface area contributed by atoms with Gasteiger partial charge in [0, 0.05) is 77.2 Å². The first-order valence-corrected chi connectivity index (χ1v) is 22.0. The Morgan fingerprint density at radius 2 is 1.77 bits per heavy atom. The number of piperidine rings is 2. The highest BCUT2D eigenvalue weighted by molar-refractivity contribution is 6.02. The molecule has 1 atom stereocenters. The molecular formula is C44H54F2N10O6. The number of nitrogens with zero attached hydrogens (tertiary/aromatic N) is 9. The number of carbonyl (C=O) groups excluding carboxylic acids is 3. The van der Waals surface area contributed by atoms with E-state index in [-0.39, 0.29) is 53.6 Å². The molecule has 1 aromatic carbocycles. The van der Waals surface area contributed by atoms with Crippen molar-refractivity contribution in [3.8, 4) is 0 Å². The van der Waals surface area contributed by atoms with Gasteiger partial charge < -0.3 is 19.3 Å². The van der Waals surface area contributed by atoms with Crippen LogP contribution in [-0.4, -0.2) is 115 Å². The molecule has 0 spiro atoms. The van der Waals surface area contributed by atoms with Crippen LogP contribution in [0.5, 0.6) is 0 Å². The van der Waals surface area contributed by atoms with E-state index in [4.69, 9.17) is 14.5 Å². The number of carbonyl (C=O) groups is 3. The van der Waals surface area contributed by atoms with Gasteiger partial charge in [-0.25, -0.2) is 23.1 Å². The third-order valence-electron chi connectivity index (χ3n) is 13.3. The molecule has 16 nitrogen and oxygen atoms in total. The van der Waals surface area contributed by atoms with Crippen LogP contribution < -0.4 is 15.9 Å². The van der Waals surface area contributed by atoms with Crippen LogP contribution in [0.4, 0.5) is 14.6 Å². The number of benzene rings is 1. The van der Waals surface area contributed by atoms with E-state index < -0.39 is 18.4 Å². The predicted molar refractivity (Wildman–Crippen MR) is 225 cm³/mol. The van der Waals surface area contributed by atoms with Crippen molar-refractivity contribution < 1.29 is 32.6 Å². The Kier molecular flexibility index (Phi) is 12.3. The minimum atomic E-state index is -2.80. The van der Waals surface area contributed by atoms with E-state index in [9.17, 15) is 28.0 Å². The van der Waals surface area contributed by atoms with Gasteiger partial charge >= 0.3 is 5.69 Å². The summed E-state index contributed by atoms with van der Waals surface area (Å²) < 4.78 is 46.7. The van der Waals surface area contributed by atoms with Crippen LogP contribution in [0.25, 0.3) is 16.7 Å². The molecule has 0 unspecified atom stereocenters. The highest BCUT2D eigenvalue weighted by atomic mass is 19.3. The molecule has 0 radical (unpaired) electrons. The zero-order valence-electron chi connectivity index (χ0n) is 35.1. The number of para-hydroxylation sites is 1. The SMILES string of the molecule is Cn1c(=O)n([C@@H]2CCC(=O)NC2=O)c2cccc(CCCOC3CCN(CC4CCC(n5cc(CC(=O)c6cnn7ccc(N8CCOCC8)nc67)c(C(F)F)n5)CC4)CC3)c21. The van der Waals surface area contributed by atoms with E-state index in [1.165, 1.54) is 15.3 Å². The van der Waals surface area contributed by atoms with Gasteiger partial charge in [0.1, 0.15) is 17.6 Å². The number of alkyl halides is 2. The molecule has 7 heterocycles. The number of ether oxygens (including phenoxy) is 2. The number of aryl methyl sites for hydroxylation is 2. The molecule has 4 aromatic heterocycles. The monoisotopic (exact) mass is 856 g/mol. The smallest absolute Gasteiger partial charge is 0.329 e. The number of likely N-dealkylation sites (tertiary alicyclic amines) is 1. The average molecular weight is 857 g/mol. The Morgan fingerprint density at radius 1 is 0.984 bits per heavy atom. The second kappa shape index (κ2) is 18.2. The van der Waals surface area contributed by atoms with Gasteiger partial charge in [-0.1, -0.05) is 12.1 Å². The Bertz CT molecular complexity index is 2490. The molecule has 3 saturated heterocycles. The quantitative estimate of drug-likeness (QED) is 0.0944. The molecule has 1 aliphatic carbocycles. The maximum absolute atomic E-state index is 14.3. The summed E-state index contributed by atoms with van der Waals surface area (Å²) in [6, 6.07) is 6.93. The highest BCUT2D eigenvalue weighted by Crippen LogP contribution is 2.35. The van der Waals surface area contributed by atoms with Crippen molar-refractivity contribution in [3.63, 3.8) is 0 Å². The number of imide groups is 1. The van der Waals surface area contributed by atoms with E-state index in [1.54, 1.807) is 28.7 Å². The molecule has 3 aliphatic heterocycles. The summed E-state index contributed by atoms with van der Waals surface area (Å²) in [7, 11) is 1.73. The minimum Gasteiger partial charge on any atom is -0.378 e. The molecule has 0 bridgehead atoms. The fourth-order valence-electron chi connectivity index (χ4n) is 9.92. The van der Waals surface area contributed by atoms with Crippen LogP contribution in [0.2, 0.25) is 0 Å². The van der Waals surface area contributed by atoms with Gasteiger partial charge in [0.15, 0.2) is 11.4 Å². The highest BCUT2D eigenvalue weighted by Gasteiger charge is 2.33. The normalized spacial score (nSPS) is 22.0. The molecule has 330 valence electrons. The molecular weight excluding hydrogens is 803 g/mol. The zero-order valence-corrected chi connectivity index (χ0v) is 35.1. The molecule has 9 rings (SSSR count). The number of nitrogens with one attached hydrogen (secondary N) is 1. The first kappa shape index (κ1) is 42.0. The fraction of sp³-hybridized carbons (Fsp3) is 0.568. The summed E-state index contributed by atoms with van der Waals surface area (Å²) in [5.74, 6) is 0.163. The van der Waals surface area contributed by atoms with Crippen molar-refractivity contribution in [1.29, 1.82) is 0 Å². The van der Waals surface area contributed by atoms with Crippen LogP contribution in [0.3, 0.4) is 0 Å². The molecule has 62 heavy (non-hydrogen) atoms. The molecule has 2 amide bonds. The van der Waals surface area contributed by atoms with Gasteiger partial charge in [-0.2, -0.15) is 10.2 Å². The van der Waals surface area contributed by atoms with E-state index in [1.807, 2.05) is 24.3 Å². The predicted octanol–water partition coefficient (Wildman–Crippen LogP) is 4.60. The van der Waals surface area contributed by atoms with Crippen molar-refractivity contribution in [2.45, 2.75) is 95.2 Å². The Labute approximate surface area is 357 Å². The Hall–Kier alpha value is -5.33. The number of morpholine rings is 1. The molecule has 4 aliphatic rings. The Balaban J connectivity index is 0.729. The number of aromatic nitrogens is 7. The van der Waals surface area contributed by atoms with Gasteiger partial charge in [0.05, 0.1) is 48.2 Å².